The van der Waals surface area contributed by atoms with Crippen molar-refractivity contribution >= 4 is 23.3 Å². The number of hydrogen-bond donors (Lipinski definition) is 2. The van der Waals surface area contributed by atoms with Crippen LogP contribution in [0.25, 0.3) is 0 Å². The molecule has 9 nitrogen and oxygen atoms in total. The molecule has 1 aromatic carbocycles. The molecule has 1 saturated heterocycles. The van der Waals surface area contributed by atoms with E-state index >= 15 is 0 Å². The van der Waals surface area contributed by atoms with Crippen LogP contribution in [0.1, 0.15) is 23.2 Å². The molecule has 1 atom stereocenters. The molecule has 4 rings (SSSR count). The van der Waals surface area contributed by atoms with Crippen LogP contribution in [0.3, 0.4) is 0 Å². The lowest BCUT2D eigenvalue weighted by Crippen LogP contribution is -2.45. The number of anilines is 2. The SMILES string of the molecule is CN1CCCC(CNC(=O)CN2CCOCCOc3ccccc3Nc3ncccc3C2=O)C1. The molecule has 3 heterocycles. The predicted octanol–water partition coefficient (Wildman–Crippen LogP) is 2.13. The number of benzene rings is 1. The predicted molar refractivity (Wildman–Crippen MR) is 129 cm³/mol. The van der Waals surface area contributed by atoms with Gasteiger partial charge in [0, 0.05) is 25.8 Å². The van der Waals surface area contributed by atoms with Crippen molar-refractivity contribution in [3.63, 3.8) is 0 Å². The summed E-state index contributed by atoms with van der Waals surface area (Å²) in [4.78, 5) is 34.5. The van der Waals surface area contributed by atoms with Crippen molar-refractivity contribution in [2.45, 2.75) is 12.8 Å². The minimum atomic E-state index is -0.274. The number of ether oxygens (including phenoxy) is 2. The monoisotopic (exact) mass is 467 g/mol. The first kappa shape index (κ1) is 24.0. The zero-order valence-corrected chi connectivity index (χ0v) is 19.7. The van der Waals surface area contributed by atoms with Crippen molar-refractivity contribution < 1.29 is 19.1 Å². The third-order valence-electron chi connectivity index (χ3n) is 6.10. The average Bonchev–Trinajstić information content (AvgIpc) is 2.85. The molecule has 2 aliphatic heterocycles. The van der Waals surface area contributed by atoms with E-state index in [-0.39, 0.29) is 18.4 Å². The summed E-state index contributed by atoms with van der Waals surface area (Å²) in [7, 11) is 2.11. The number of nitrogens with one attached hydrogen (secondary N) is 2. The van der Waals surface area contributed by atoms with Gasteiger partial charge in [-0.3, -0.25) is 9.59 Å². The van der Waals surface area contributed by atoms with Crippen molar-refractivity contribution in [1.29, 1.82) is 0 Å². The first-order chi connectivity index (χ1) is 16.6. The molecule has 0 saturated carbocycles. The second-order valence-electron chi connectivity index (χ2n) is 8.78. The normalized spacial score (nSPS) is 19.9. The number of para-hydroxylation sites is 2. The first-order valence-electron chi connectivity index (χ1n) is 11.9. The van der Waals surface area contributed by atoms with Crippen LogP contribution >= 0.6 is 0 Å². The number of fused-ring (bicyclic) bond motifs is 2. The van der Waals surface area contributed by atoms with Gasteiger partial charge in [-0.2, -0.15) is 0 Å². The largest absolute Gasteiger partial charge is 0.489 e. The molecule has 2 aliphatic rings. The van der Waals surface area contributed by atoms with E-state index in [0.29, 0.717) is 61.6 Å². The summed E-state index contributed by atoms with van der Waals surface area (Å²) in [5.74, 6) is 1.06. The van der Waals surface area contributed by atoms with Crippen molar-refractivity contribution in [2.75, 3.05) is 64.9 Å². The number of rotatable bonds is 4. The molecule has 34 heavy (non-hydrogen) atoms. The van der Waals surface area contributed by atoms with E-state index < -0.39 is 0 Å². The van der Waals surface area contributed by atoms with Gasteiger partial charge in [-0.1, -0.05) is 12.1 Å². The Hall–Kier alpha value is -3.17. The van der Waals surface area contributed by atoms with Crippen LogP contribution in [-0.4, -0.2) is 86.2 Å². The fraction of sp³-hybridized carbons (Fsp3) is 0.480. The maximum absolute atomic E-state index is 13.5. The highest BCUT2D eigenvalue weighted by Crippen LogP contribution is 2.28. The molecule has 2 N–H and O–H groups in total. The number of carbonyl (C=O) groups is 2. The lowest BCUT2D eigenvalue weighted by Gasteiger charge is -2.30. The van der Waals surface area contributed by atoms with Gasteiger partial charge < -0.3 is 29.9 Å². The summed E-state index contributed by atoms with van der Waals surface area (Å²) >= 11 is 0. The van der Waals surface area contributed by atoms with E-state index in [9.17, 15) is 9.59 Å². The fourth-order valence-corrected chi connectivity index (χ4v) is 4.34. The Bertz CT molecular complexity index is 985. The van der Waals surface area contributed by atoms with Crippen molar-refractivity contribution in [3.05, 3.63) is 48.2 Å². The average molecular weight is 468 g/mol. The summed E-state index contributed by atoms with van der Waals surface area (Å²) < 4.78 is 11.5. The highest BCUT2D eigenvalue weighted by Gasteiger charge is 2.24. The Morgan fingerprint density at radius 1 is 1.18 bits per heavy atom. The van der Waals surface area contributed by atoms with Gasteiger partial charge >= 0.3 is 0 Å². The van der Waals surface area contributed by atoms with Gasteiger partial charge in [0.1, 0.15) is 18.2 Å². The van der Waals surface area contributed by atoms with E-state index in [0.717, 1.165) is 25.9 Å². The van der Waals surface area contributed by atoms with Gasteiger partial charge in [-0.25, -0.2) is 4.98 Å². The number of piperidine rings is 1. The maximum Gasteiger partial charge on any atom is 0.258 e. The number of amides is 2. The third-order valence-corrected chi connectivity index (χ3v) is 6.10. The molecule has 2 amide bonds. The molecule has 0 spiro atoms. The minimum absolute atomic E-state index is 0.0355. The van der Waals surface area contributed by atoms with Crippen LogP contribution in [0.2, 0.25) is 0 Å². The summed E-state index contributed by atoms with van der Waals surface area (Å²) in [6.07, 6.45) is 3.87. The van der Waals surface area contributed by atoms with E-state index in [1.807, 2.05) is 24.3 Å². The molecule has 182 valence electrons. The van der Waals surface area contributed by atoms with Gasteiger partial charge in [0.25, 0.3) is 5.91 Å². The van der Waals surface area contributed by atoms with E-state index in [1.165, 1.54) is 4.90 Å². The number of aromatic nitrogens is 1. The minimum Gasteiger partial charge on any atom is -0.489 e. The van der Waals surface area contributed by atoms with Gasteiger partial charge in [0.05, 0.1) is 31.0 Å². The molecular weight excluding hydrogens is 434 g/mol. The topological polar surface area (TPSA) is 96.0 Å². The molecule has 9 heteroatoms. The quantitative estimate of drug-likeness (QED) is 0.711. The number of likely N-dealkylation sites (tertiary alicyclic amines) is 1. The van der Waals surface area contributed by atoms with Crippen molar-refractivity contribution in [1.82, 2.24) is 20.1 Å². The van der Waals surface area contributed by atoms with Crippen molar-refractivity contribution in [3.8, 4) is 5.75 Å². The molecule has 1 fully saturated rings. The summed E-state index contributed by atoms with van der Waals surface area (Å²) in [5, 5.41) is 6.25. The Kier molecular flexibility index (Phi) is 8.32. The molecule has 0 radical (unpaired) electrons. The van der Waals surface area contributed by atoms with E-state index in [2.05, 4.69) is 27.6 Å². The number of pyridine rings is 1. The molecular formula is C25H33N5O4. The summed E-state index contributed by atoms with van der Waals surface area (Å²) in [5.41, 5.74) is 1.09. The van der Waals surface area contributed by atoms with Gasteiger partial charge in [-0.05, 0) is 56.6 Å². The Morgan fingerprint density at radius 3 is 2.94 bits per heavy atom. The van der Waals surface area contributed by atoms with Crippen LogP contribution in [0.4, 0.5) is 11.5 Å². The highest BCUT2D eigenvalue weighted by atomic mass is 16.5. The number of nitrogens with zero attached hydrogens (tertiary/aromatic N) is 3. The molecule has 2 aromatic rings. The lowest BCUT2D eigenvalue weighted by molar-refractivity contribution is -0.122. The van der Waals surface area contributed by atoms with Gasteiger partial charge in [-0.15, -0.1) is 0 Å². The number of hydrogen-bond acceptors (Lipinski definition) is 7. The van der Waals surface area contributed by atoms with Crippen LogP contribution in [-0.2, 0) is 9.53 Å². The highest BCUT2D eigenvalue weighted by molar-refractivity contribution is 6.01. The maximum atomic E-state index is 13.5. The Balaban J connectivity index is 1.48. The molecule has 1 unspecified atom stereocenters. The molecule has 0 bridgehead atoms. The molecule has 0 aliphatic carbocycles. The van der Waals surface area contributed by atoms with Crippen LogP contribution in [0, 0.1) is 5.92 Å². The van der Waals surface area contributed by atoms with Crippen LogP contribution < -0.4 is 15.4 Å². The first-order valence-corrected chi connectivity index (χ1v) is 11.9. The third kappa shape index (κ3) is 6.45. The van der Waals surface area contributed by atoms with Gasteiger partial charge in [0.15, 0.2) is 0 Å². The lowest BCUT2D eigenvalue weighted by atomic mass is 9.98. The van der Waals surface area contributed by atoms with Crippen LogP contribution in [0.5, 0.6) is 5.75 Å². The zero-order chi connectivity index (χ0) is 23.8. The second kappa shape index (κ2) is 11.8. The van der Waals surface area contributed by atoms with E-state index in [4.69, 9.17) is 9.47 Å². The fourth-order valence-electron chi connectivity index (χ4n) is 4.34. The van der Waals surface area contributed by atoms with Crippen LogP contribution in [0.15, 0.2) is 42.6 Å². The van der Waals surface area contributed by atoms with Crippen molar-refractivity contribution in [2.24, 2.45) is 5.92 Å². The smallest absolute Gasteiger partial charge is 0.258 e. The van der Waals surface area contributed by atoms with Gasteiger partial charge in [0.2, 0.25) is 5.91 Å². The Morgan fingerprint density at radius 2 is 2.06 bits per heavy atom. The standard InChI is InChI=1S/C25H33N5O4/c1-29-11-5-6-19(17-29)16-27-23(31)18-30-12-13-33-14-15-34-22-9-3-2-8-21(22)28-24-20(25(30)32)7-4-10-26-24/h2-4,7-10,19H,5-6,11-18H2,1H3,(H,26,28)(H,27,31). The second-order valence-corrected chi connectivity index (χ2v) is 8.78. The zero-order valence-electron chi connectivity index (χ0n) is 19.7. The number of carbonyl (C=O) groups excluding carboxylic acids is 2. The summed E-state index contributed by atoms with van der Waals surface area (Å²) in [6.45, 7) is 4.01. The Labute approximate surface area is 200 Å². The molecule has 1 aromatic heterocycles. The summed E-state index contributed by atoms with van der Waals surface area (Å²) in [6, 6.07) is 10.9. The van der Waals surface area contributed by atoms with E-state index in [1.54, 1.807) is 18.3 Å².